The summed E-state index contributed by atoms with van der Waals surface area (Å²) in [4.78, 5) is 6.99. The van der Waals surface area contributed by atoms with Gasteiger partial charge >= 0.3 is 0 Å². The van der Waals surface area contributed by atoms with Gasteiger partial charge in [0.15, 0.2) is 5.11 Å². The van der Waals surface area contributed by atoms with Gasteiger partial charge in [0, 0.05) is 30.2 Å². The van der Waals surface area contributed by atoms with Crippen LogP contribution in [0.15, 0.2) is 30.5 Å². The van der Waals surface area contributed by atoms with E-state index in [4.69, 9.17) is 12.2 Å². The number of hydrogen-bond acceptors (Lipinski definition) is 2. The zero-order chi connectivity index (χ0) is 18.8. The lowest BCUT2D eigenvalue weighted by Crippen LogP contribution is -2.30. The minimum absolute atomic E-state index is 0.0849. The molecule has 1 aliphatic rings. The molecule has 0 unspecified atom stereocenters. The van der Waals surface area contributed by atoms with Gasteiger partial charge in [0.25, 0.3) is 0 Å². The van der Waals surface area contributed by atoms with Crippen molar-refractivity contribution in [1.29, 1.82) is 0 Å². The zero-order valence-corrected chi connectivity index (χ0v) is 17.3. The number of hydrogen-bond donors (Lipinski definition) is 1. The summed E-state index contributed by atoms with van der Waals surface area (Å²) >= 11 is 5.72. The lowest BCUT2D eigenvalue weighted by atomic mass is 9.96. The van der Waals surface area contributed by atoms with E-state index in [1.807, 2.05) is 12.3 Å². The highest BCUT2D eigenvalue weighted by atomic mass is 32.1. The van der Waals surface area contributed by atoms with Gasteiger partial charge < -0.3 is 14.8 Å². The summed E-state index contributed by atoms with van der Waals surface area (Å²) in [5.74, 6) is 0. The average Bonchev–Trinajstić information content (AvgIpc) is 3.09. The fourth-order valence-corrected chi connectivity index (χ4v) is 4.54. The maximum atomic E-state index is 5.72. The van der Waals surface area contributed by atoms with Crippen LogP contribution in [0.5, 0.6) is 0 Å². The molecule has 0 aromatic carbocycles. The van der Waals surface area contributed by atoms with Crippen molar-refractivity contribution in [2.45, 2.75) is 65.6 Å². The van der Waals surface area contributed by atoms with E-state index < -0.39 is 0 Å². The largest absolute Gasteiger partial charge is 0.352 e. The average molecular weight is 371 g/mol. The first-order valence-corrected chi connectivity index (χ1v) is 10.0. The van der Waals surface area contributed by atoms with Gasteiger partial charge in [-0.25, -0.2) is 0 Å². The first-order valence-electron chi connectivity index (χ1n) is 9.62. The second-order valence-electron chi connectivity index (χ2n) is 7.46. The van der Waals surface area contributed by atoms with E-state index in [9.17, 15) is 0 Å². The molecule has 2 aromatic heterocycles. The number of aromatic nitrogens is 2. The highest BCUT2D eigenvalue weighted by molar-refractivity contribution is 7.80. The van der Waals surface area contributed by atoms with E-state index in [1.165, 1.54) is 17.0 Å². The maximum absolute atomic E-state index is 5.72. The molecule has 4 nitrogen and oxygen atoms in total. The second kappa shape index (κ2) is 7.78. The van der Waals surface area contributed by atoms with Gasteiger partial charge in [0.05, 0.1) is 17.8 Å². The molecule has 0 bridgehead atoms. The molecule has 3 rings (SSSR count). The van der Waals surface area contributed by atoms with Gasteiger partial charge in [-0.15, -0.1) is 0 Å². The number of aryl methyl sites for hydroxylation is 1. The Labute approximate surface area is 162 Å². The third-order valence-corrected chi connectivity index (χ3v) is 5.66. The summed E-state index contributed by atoms with van der Waals surface area (Å²) in [6.07, 6.45) is 4.16. The molecule has 0 amide bonds. The van der Waals surface area contributed by atoms with Gasteiger partial charge in [0.1, 0.15) is 0 Å². The van der Waals surface area contributed by atoms with Crippen LogP contribution in [0.1, 0.15) is 74.4 Å². The van der Waals surface area contributed by atoms with E-state index in [-0.39, 0.29) is 12.1 Å². The van der Waals surface area contributed by atoms with Crippen LogP contribution in [0.2, 0.25) is 0 Å². The smallest absolute Gasteiger partial charge is 0.170 e. The molecule has 140 valence electrons. The Morgan fingerprint density at radius 2 is 2.04 bits per heavy atom. The molecule has 5 heteroatoms. The van der Waals surface area contributed by atoms with E-state index in [2.05, 4.69) is 72.6 Å². The van der Waals surface area contributed by atoms with Crippen molar-refractivity contribution in [1.82, 2.24) is 19.8 Å². The van der Waals surface area contributed by atoms with E-state index in [1.54, 1.807) is 0 Å². The zero-order valence-electron chi connectivity index (χ0n) is 16.5. The van der Waals surface area contributed by atoms with Crippen LogP contribution in [0, 0.1) is 13.8 Å². The van der Waals surface area contributed by atoms with Crippen molar-refractivity contribution in [3.63, 3.8) is 0 Å². The molecule has 2 atom stereocenters. The number of nitrogens with zero attached hydrogens (tertiary/aromatic N) is 3. The summed E-state index contributed by atoms with van der Waals surface area (Å²) in [6, 6.07) is 9.16. The number of pyridine rings is 1. The van der Waals surface area contributed by atoms with Crippen LogP contribution in [0.25, 0.3) is 0 Å². The Morgan fingerprint density at radius 3 is 2.62 bits per heavy atom. The Balaban J connectivity index is 2.08. The molecule has 3 heterocycles. The highest BCUT2D eigenvalue weighted by Crippen LogP contribution is 2.41. The van der Waals surface area contributed by atoms with Crippen molar-refractivity contribution in [2.75, 3.05) is 6.54 Å². The molecule has 26 heavy (non-hydrogen) atoms. The predicted molar refractivity (Wildman–Crippen MR) is 111 cm³/mol. The van der Waals surface area contributed by atoms with E-state index >= 15 is 0 Å². The number of thiocarbonyl (C=S) groups is 1. The molecule has 0 spiro atoms. The summed E-state index contributed by atoms with van der Waals surface area (Å²) in [7, 11) is 0. The maximum Gasteiger partial charge on any atom is 0.170 e. The van der Waals surface area contributed by atoms with Gasteiger partial charge in [-0.05, 0) is 70.1 Å². The topological polar surface area (TPSA) is 33.1 Å². The normalized spacial score (nSPS) is 20.1. The summed E-state index contributed by atoms with van der Waals surface area (Å²) < 4.78 is 2.42. The Bertz CT molecular complexity index is 766. The van der Waals surface area contributed by atoms with Crippen molar-refractivity contribution >= 4 is 17.3 Å². The van der Waals surface area contributed by atoms with Crippen LogP contribution >= 0.6 is 12.2 Å². The summed E-state index contributed by atoms with van der Waals surface area (Å²) in [5, 5.41) is 4.39. The quantitative estimate of drug-likeness (QED) is 0.737. The molecule has 1 aliphatic heterocycles. The van der Waals surface area contributed by atoms with Gasteiger partial charge in [-0.1, -0.05) is 19.4 Å². The monoisotopic (exact) mass is 370 g/mol. The summed E-state index contributed by atoms with van der Waals surface area (Å²) in [5.41, 5.74) is 5.04. The number of unbranched alkanes of at least 4 members (excludes halogenated alkanes) is 1. The standard InChI is InChI=1S/C21H30N4S/c1-6-7-12-24-20(17-13-15(4)25(14(2)3)16(17)5)19(23-21(24)26)18-10-8-9-11-22-18/h8-11,13-14,19-20H,6-7,12H2,1-5H3,(H,23,26)/t19-,20-/m1/s1. The second-order valence-corrected chi connectivity index (χ2v) is 7.85. The van der Waals surface area contributed by atoms with Crippen LogP contribution in [0.3, 0.4) is 0 Å². The highest BCUT2D eigenvalue weighted by Gasteiger charge is 2.41. The molecule has 0 aliphatic carbocycles. The lowest BCUT2D eigenvalue weighted by Gasteiger charge is -2.28. The van der Waals surface area contributed by atoms with Crippen molar-refractivity contribution in [3.8, 4) is 0 Å². The van der Waals surface area contributed by atoms with Crippen molar-refractivity contribution < 1.29 is 0 Å². The molecule has 1 saturated heterocycles. The van der Waals surface area contributed by atoms with Gasteiger partial charge in [-0.3, -0.25) is 4.98 Å². The molecule has 0 radical (unpaired) electrons. The third kappa shape index (κ3) is 3.37. The van der Waals surface area contributed by atoms with Crippen molar-refractivity contribution in [2.24, 2.45) is 0 Å². The third-order valence-electron chi connectivity index (χ3n) is 5.31. The Morgan fingerprint density at radius 1 is 1.27 bits per heavy atom. The number of nitrogens with one attached hydrogen (secondary N) is 1. The lowest BCUT2D eigenvalue weighted by molar-refractivity contribution is 0.311. The van der Waals surface area contributed by atoms with Crippen molar-refractivity contribution in [3.05, 3.63) is 53.1 Å². The molecular formula is C21H30N4S. The molecule has 1 fully saturated rings. The van der Waals surface area contributed by atoms with Gasteiger partial charge in [0.2, 0.25) is 0 Å². The Kier molecular flexibility index (Phi) is 5.66. The minimum atomic E-state index is 0.0849. The van der Waals surface area contributed by atoms with Gasteiger partial charge in [-0.2, -0.15) is 0 Å². The van der Waals surface area contributed by atoms with Crippen LogP contribution in [-0.2, 0) is 0 Å². The van der Waals surface area contributed by atoms with Crippen LogP contribution in [0.4, 0.5) is 0 Å². The minimum Gasteiger partial charge on any atom is -0.352 e. The predicted octanol–water partition coefficient (Wildman–Crippen LogP) is 4.85. The van der Waals surface area contributed by atoms with E-state index in [0.717, 1.165) is 30.2 Å². The van der Waals surface area contributed by atoms with Crippen LogP contribution in [-0.4, -0.2) is 26.1 Å². The SMILES string of the molecule is CCCCN1C(=S)N[C@H](c2ccccn2)[C@H]1c1cc(C)n(C(C)C)c1C. The first-order chi connectivity index (χ1) is 12.5. The molecule has 2 aromatic rings. The fourth-order valence-electron chi connectivity index (χ4n) is 4.21. The van der Waals surface area contributed by atoms with E-state index in [0.29, 0.717) is 6.04 Å². The number of rotatable bonds is 6. The molecular weight excluding hydrogens is 340 g/mol. The fraction of sp³-hybridized carbons (Fsp3) is 0.524. The molecule has 1 N–H and O–H groups in total. The summed E-state index contributed by atoms with van der Waals surface area (Å²) in [6.45, 7) is 12.1. The Hall–Kier alpha value is -1.88. The molecule has 0 saturated carbocycles. The first kappa shape index (κ1) is 18.9. The van der Waals surface area contributed by atoms with Crippen LogP contribution < -0.4 is 5.32 Å².